The van der Waals surface area contributed by atoms with Gasteiger partial charge in [0.2, 0.25) is 0 Å². The summed E-state index contributed by atoms with van der Waals surface area (Å²) in [7, 11) is 1.29. The van der Waals surface area contributed by atoms with Crippen LogP contribution in [0.5, 0.6) is 0 Å². The standard InChI is InChI=1S/C10H11N3O3/c1-6-7(5-9(14)16-2)10(15)13-8(12-6)3-4-11-13/h3-4,11H,5H2,1-2H3. The second-order valence-corrected chi connectivity index (χ2v) is 3.39. The fourth-order valence-corrected chi connectivity index (χ4v) is 1.53. The second-order valence-electron chi connectivity index (χ2n) is 3.39. The molecule has 0 bridgehead atoms. The molecule has 0 unspecified atom stereocenters. The van der Waals surface area contributed by atoms with Gasteiger partial charge in [0.05, 0.1) is 19.1 Å². The van der Waals surface area contributed by atoms with Crippen molar-refractivity contribution in [2.24, 2.45) is 0 Å². The van der Waals surface area contributed by atoms with Gasteiger partial charge in [-0.3, -0.25) is 14.7 Å². The molecule has 0 fully saturated rings. The first-order valence-electron chi connectivity index (χ1n) is 4.76. The van der Waals surface area contributed by atoms with Gasteiger partial charge in [0, 0.05) is 18.0 Å². The zero-order valence-electron chi connectivity index (χ0n) is 8.98. The highest BCUT2D eigenvalue weighted by molar-refractivity contribution is 5.72. The van der Waals surface area contributed by atoms with Crippen molar-refractivity contribution in [3.8, 4) is 0 Å². The number of fused-ring (bicyclic) bond motifs is 1. The predicted molar refractivity (Wildman–Crippen MR) is 56.3 cm³/mol. The number of aromatic nitrogens is 3. The van der Waals surface area contributed by atoms with E-state index in [1.807, 2.05) is 0 Å². The minimum Gasteiger partial charge on any atom is -0.469 e. The third-order valence-corrected chi connectivity index (χ3v) is 2.39. The van der Waals surface area contributed by atoms with Gasteiger partial charge in [0.1, 0.15) is 0 Å². The van der Waals surface area contributed by atoms with Crippen molar-refractivity contribution in [3.63, 3.8) is 0 Å². The molecular weight excluding hydrogens is 210 g/mol. The monoisotopic (exact) mass is 221 g/mol. The highest BCUT2D eigenvalue weighted by Crippen LogP contribution is 2.04. The molecule has 1 N–H and O–H groups in total. The number of rotatable bonds is 2. The number of esters is 1. The van der Waals surface area contributed by atoms with Crippen LogP contribution in [-0.2, 0) is 16.0 Å². The first-order chi connectivity index (χ1) is 7.63. The highest BCUT2D eigenvalue weighted by atomic mass is 16.5. The second kappa shape index (κ2) is 3.80. The Morgan fingerprint density at radius 3 is 3.06 bits per heavy atom. The van der Waals surface area contributed by atoms with Crippen LogP contribution >= 0.6 is 0 Å². The van der Waals surface area contributed by atoms with Gasteiger partial charge in [-0.15, -0.1) is 0 Å². The van der Waals surface area contributed by atoms with Gasteiger partial charge < -0.3 is 4.74 Å². The topological polar surface area (TPSA) is 76.5 Å². The van der Waals surface area contributed by atoms with Crippen LogP contribution < -0.4 is 5.56 Å². The van der Waals surface area contributed by atoms with E-state index in [1.165, 1.54) is 11.6 Å². The molecular formula is C10H11N3O3. The summed E-state index contributed by atoms with van der Waals surface area (Å²) in [6.45, 7) is 1.70. The summed E-state index contributed by atoms with van der Waals surface area (Å²) in [5, 5.41) is 2.74. The molecule has 0 atom stereocenters. The first-order valence-corrected chi connectivity index (χ1v) is 4.76. The number of nitrogens with zero attached hydrogens (tertiary/aromatic N) is 2. The van der Waals surface area contributed by atoms with E-state index in [0.717, 1.165) is 0 Å². The molecule has 0 saturated carbocycles. The highest BCUT2D eigenvalue weighted by Gasteiger charge is 2.14. The zero-order chi connectivity index (χ0) is 11.7. The van der Waals surface area contributed by atoms with Crippen LogP contribution in [0.1, 0.15) is 11.3 Å². The molecule has 84 valence electrons. The third-order valence-electron chi connectivity index (χ3n) is 2.39. The molecule has 0 radical (unpaired) electrons. The van der Waals surface area contributed by atoms with Gasteiger partial charge in [-0.25, -0.2) is 9.50 Å². The van der Waals surface area contributed by atoms with Gasteiger partial charge in [-0.05, 0) is 6.92 Å². The lowest BCUT2D eigenvalue weighted by atomic mass is 10.2. The number of nitrogens with one attached hydrogen (secondary N) is 1. The van der Waals surface area contributed by atoms with Crippen molar-refractivity contribution < 1.29 is 9.53 Å². The minimum atomic E-state index is -0.450. The van der Waals surface area contributed by atoms with Crippen molar-refractivity contribution in [1.29, 1.82) is 0 Å². The Balaban J connectivity index is 2.60. The van der Waals surface area contributed by atoms with Crippen LogP contribution in [0.2, 0.25) is 0 Å². The molecule has 0 aliphatic heterocycles. The molecule has 2 heterocycles. The Morgan fingerprint density at radius 2 is 2.38 bits per heavy atom. The fraction of sp³-hybridized carbons (Fsp3) is 0.300. The molecule has 0 amide bonds. The molecule has 2 aromatic heterocycles. The number of aryl methyl sites for hydroxylation is 1. The van der Waals surface area contributed by atoms with Crippen molar-refractivity contribution in [2.45, 2.75) is 13.3 Å². The zero-order valence-corrected chi connectivity index (χ0v) is 8.98. The summed E-state index contributed by atoms with van der Waals surface area (Å²) in [5.74, 6) is -0.450. The lowest BCUT2D eigenvalue weighted by molar-refractivity contribution is -0.139. The Labute approximate surface area is 90.9 Å². The van der Waals surface area contributed by atoms with Crippen LogP contribution in [0.15, 0.2) is 17.1 Å². The molecule has 6 nitrogen and oxygen atoms in total. The summed E-state index contributed by atoms with van der Waals surface area (Å²) in [5.41, 5.74) is 1.18. The van der Waals surface area contributed by atoms with Gasteiger partial charge in [0.25, 0.3) is 5.56 Å². The van der Waals surface area contributed by atoms with E-state index in [1.54, 1.807) is 19.2 Å². The average Bonchev–Trinajstić information content (AvgIpc) is 2.71. The van der Waals surface area contributed by atoms with Crippen molar-refractivity contribution in [3.05, 3.63) is 33.9 Å². The van der Waals surface area contributed by atoms with E-state index in [0.29, 0.717) is 16.9 Å². The van der Waals surface area contributed by atoms with Gasteiger partial charge in [-0.1, -0.05) is 0 Å². The summed E-state index contributed by atoms with van der Waals surface area (Å²) < 4.78 is 5.83. The SMILES string of the molecule is COC(=O)Cc1c(C)nc2cc[nH]n2c1=O. The Kier molecular flexibility index (Phi) is 2.47. The van der Waals surface area contributed by atoms with Crippen LogP contribution in [0.25, 0.3) is 5.65 Å². The van der Waals surface area contributed by atoms with Crippen molar-refractivity contribution in [2.75, 3.05) is 7.11 Å². The molecule has 16 heavy (non-hydrogen) atoms. The van der Waals surface area contributed by atoms with Crippen LogP contribution in [0, 0.1) is 6.92 Å². The molecule has 0 spiro atoms. The van der Waals surface area contributed by atoms with Crippen molar-refractivity contribution in [1.82, 2.24) is 14.6 Å². The average molecular weight is 221 g/mol. The van der Waals surface area contributed by atoms with Gasteiger partial charge in [-0.2, -0.15) is 0 Å². The van der Waals surface area contributed by atoms with E-state index in [-0.39, 0.29) is 12.0 Å². The maximum atomic E-state index is 11.9. The summed E-state index contributed by atoms with van der Waals surface area (Å²) in [6.07, 6.45) is 1.56. The largest absolute Gasteiger partial charge is 0.469 e. The van der Waals surface area contributed by atoms with Crippen LogP contribution in [0.4, 0.5) is 0 Å². The normalized spacial score (nSPS) is 10.6. The Hall–Kier alpha value is -2.11. The molecule has 0 aromatic carbocycles. The number of carbonyl (C=O) groups is 1. The van der Waals surface area contributed by atoms with Crippen LogP contribution in [0.3, 0.4) is 0 Å². The predicted octanol–water partition coefficient (Wildman–Crippen LogP) is 0.0465. The molecule has 0 aliphatic rings. The van der Waals surface area contributed by atoms with Gasteiger partial charge >= 0.3 is 5.97 Å². The van der Waals surface area contributed by atoms with Crippen LogP contribution in [-0.4, -0.2) is 27.7 Å². The summed E-state index contributed by atoms with van der Waals surface area (Å²) in [6, 6.07) is 1.69. The number of aromatic amines is 1. The maximum absolute atomic E-state index is 11.9. The van der Waals surface area contributed by atoms with Gasteiger partial charge in [0.15, 0.2) is 5.65 Å². The van der Waals surface area contributed by atoms with E-state index >= 15 is 0 Å². The van der Waals surface area contributed by atoms with E-state index in [2.05, 4.69) is 14.8 Å². The summed E-state index contributed by atoms with van der Waals surface area (Å²) >= 11 is 0. The lowest BCUT2D eigenvalue weighted by Crippen LogP contribution is -2.24. The smallest absolute Gasteiger partial charge is 0.310 e. The summed E-state index contributed by atoms with van der Waals surface area (Å²) in [4.78, 5) is 27.3. The molecule has 2 rings (SSSR count). The maximum Gasteiger partial charge on any atom is 0.310 e. The van der Waals surface area contributed by atoms with E-state index < -0.39 is 5.97 Å². The minimum absolute atomic E-state index is 0.0594. The number of hydrogen-bond donors (Lipinski definition) is 1. The van der Waals surface area contributed by atoms with E-state index in [9.17, 15) is 9.59 Å². The molecule has 6 heteroatoms. The Bertz CT molecular complexity index is 597. The third kappa shape index (κ3) is 1.58. The number of hydrogen-bond acceptors (Lipinski definition) is 4. The number of methoxy groups -OCH3 is 1. The Morgan fingerprint density at radius 1 is 1.62 bits per heavy atom. The number of carbonyl (C=O) groups excluding carboxylic acids is 1. The molecule has 0 saturated heterocycles. The molecule has 0 aliphatic carbocycles. The lowest BCUT2D eigenvalue weighted by Gasteiger charge is -2.03. The number of ether oxygens (including phenoxy) is 1. The van der Waals surface area contributed by atoms with Crippen molar-refractivity contribution >= 4 is 11.6 Å². The number of H-pyrrole nitrogens is 1. The van der Waals surface area contributed by atoms with E-state index in [4.69, 9.17) is 0 Å². The quantitative estimate of drug-likeness (QED) is 0.727. The first kappa shape index (κ1) is 10.4. The fourth-order valence-electron chi connectivity index (χ4n) is 1.53. The molecule has 2 aromatic rings.